The summed E-state index contributed by atoms with van der Waals surface area (Å²) in [6.45, 7) is 0.402. The van der Waals surface area contributed by atoms with Gasteiger partial charge in [0.25, 0.3) is 0 Å². The fourth-order valence-electron chi connectivity index (χ4n) is 2.13. The summed E-state index contributed by atoms with van der Waals surface area (Å²) in [5.41, 5.74) is 1.84. The van der Waals surface area contributed by atoms with E-state index in [-0.39, 0.29) is 6.61 Å². The highest BCUT2D eigenvalue weighted by molar-refractivity contribution is 9.10. The molecule has 6 heteroatoms. The van der Waals surface area contributed by atoms with E-state index in [2.05, 4.69) is 26.0 Å². The highest BCUT2D eigenvalue weighted by Gasteiger charge is 2.13. The molecular weight excluding hydrogens is 366 g/mol. The number of benzene rings is 2. The monoisotopic (exact) mass is 377 g/mol. The molecule has 22 heavy (non-hydrogen) atoms. The SMILES string of the molecule is OCCn1nc(-c2ccc(Cl)cc2)nc1-c1ccc(Br)cc1. The summed E-state index contributed by atoms with van der Waals surface area (Å²) in [5, 5.41) is 14.4. The summed E-state index contributed by atoms with van der Waals surface area (Å²) in [5.74, 6) is 1.34. The highest BCUT2D eigenvalue weighted by Crippen LogP contribution is 2.24. The van der Waals surface area contributed by atoms with Gasteiger partial charge < -0.3 is 5.11 Å². The molecule has 0 unspecified atom stereocenters. The van der Waals surface area contributed by atoms with Gasteiger partial charge in [-0.15, -0.1) is 0 Å². The Kier molecular flexibility index (Phi) is 4.57. The van der Waals surface area contributed by atoms with Crippen molar-refractivity contribution in [2.75, 3.05) is 6.61 Å². The van der Waals surface area contributed by atoms with E-state index >= 15 is 0 Å². The van der Waals surface area contributed by atoms with Crippen LogP contribution < -0.4 is 0 Å². The van der Waals surface area contributed by atoms with Crippen LogP contribution in [0, 0.1) is 0 Å². The Balaban J connectivity index is 2.05. The van der Waals surface area contributed by atoms with Crippen LogP contribution in [0.1, 0.15) is 0 Å². The molecule has 0 amide bonds. The molecule has 0 aliphatic heterocycles. The van der Waals surface area contributed by atoms with E-state index in [1.54, 1.807) is 4.68 Å². The number of aliphatic hydroxyl groups excluding tert-OH is 1. The molecule has 4 nitrogen and oxygen atoms in total. The van der Waals surface area contributed by atoms with Crippen LogP contribution in [-0.4, -0.2) is 26.5 Å². The van der Waals surface area contributed by atoms with Gasteiger partial charge in [-0.1, -0.05) is 39.7 Å². The quantitative estimate of drug-likeness (QED) is 0.746. The fraction of sp³-hybridized carbons (Fsp3) is 0.125. The number of nitrogens with zero attached hydrogens (tertiary/aromatic N) is 3. The van der Waals surface area contributed by atoms with Crippen molar-refractivity contribution >= 4 is 27.5 Å². The average molecular weight is 379 g/mol. The average Bonchev–Trinajstić information content (AvgIpc) is 2.93. The summed E-state index contributed by atoms with van der Waals surface area (Å²) < 4.78 is 2.72. The zero-order valence-electron chi connectivity index (χ0n) is 11.6. The van der Waals surface area contributed by atoms with Crippen LogP contribution in [0.15, 0.2) is 53.0 Å². The van der Waals surface area contributed by atoms with E-state index in [0.717, 1.165) is 21.4 Å². The van der Waals surface area contributed by atoms with Gasteiger partial charge in [-0.25, -0.2) is 9.67 Å². The van der Waals surface area contributed by atoms with Crippen molar-refractivity contribution in [1.82, 2.24) is 14.8 Å². The topological polar surface area (TPSA) is 50.9 Å². The van der Waals surface area contributed by atoms with Crippen molar-refractivity contribution in [2.45, 2.75) is 6.54 Å². The third kappa shape index (κ3) is 3.21. The molecule has 0 spiro atoms. The zero-order valence-corrected chi connectivity index (χ0v) is 13.9. The molecule has 3 rings (SSSR count). The molecule has 1 N–H and O–H groups in total. The van der Waals surface area contributed by atoms with Crippen molar-refractivity contribution in [3.8, 4) is 22.8 Å². The summed E-state index contributed by atoms with van der Waals surface area (Å²) in [6, 6.07) is 15.2. The molecule has 3 aromatic rings. The van der Waals surface area contributed by atoms with Crippen LogP contribution in [0.25, 0.3) is 22.8 Å². The summed E-state index contributed by atoms with van der Waals surface area (Å²) >= 11 is 9.33. The van der Waals surface area contributed by atoms with Gasteiger partial charge >= 0.3 is 0 Å². The van der Waals surface area contributed by atoms with E-state index in [9.17, 15) is 5.11 Å². The van der Waals surface area contributed by atoms with Gasteiger partial charge in [-0.3, -0.25) is 0 Å². The Bertz CT molecular complexity index is 769. The molecular formula is C16H13BrClN3O. The molecule has 2 aromatic carbocycles. The highest BCUT2D eigenvalue weighted by atomic mass is 79.9. The van der Waals surface area contributed by atoms with E-state index in [1.807, 2.05) is 48.5 Å². The van der Waals surface area contributed by atoms with Crippen LogP contribution >= 0.6 is 27.5 Å². The van der Waals surface area contributed by atoms with Crippen molar-refractivity contribution < 1.29 is 5.11 Å². The molecule has 0 aliphatic rings. The Morgan fingerprint density at radius 2 is 1.64 bits per heavy atom. The second-order valence-corrected chi connectivity index (χ2v) is 6.07. The number of halogens is 2. The standard InChI is InChI=1S/C16H13BrClN3O/c17-13-5-1-12(2-6-13)16-19-15(20-21(16)9-10-22)11-3-7-14(18)8-4-11/h1-8,22H,9-10H2. The van der Waals surface area contributed by atoms with Crippen LogP contribution in [-0.2, 0) is 6.54 Å². The summed E-state index contributed by atoms with van der Waals surface area (Å²) in [4.78, 5) is 4.61. The van der Waals surface area contributed by atoms with Crippen LogP contribution in [0.4, 0.5) is 0 Å². The lowest BCUT2D eigenvalue weighted by Gasteiger charge is -2.03. The third-order valence-electron chi connectivity index (χ3n) is 3.19. The minimum Gasteiger partial charge on any atom is -0.394 e. The van der Waals surface area contributed by atoms with Gasteiger partial charge in [0.05, 0.1) is 13.2 Å². The van der Waals surface area contributed by atoms with E-state index < -0.39 is 0 Å². The predicted molar refractivity (Wildman–Crippen MR) is 90.7 cm³/mol. The van der Waals surface area contributed by atoms with Gasteiger partial charge in [0.2, 0.25) is 0 Å². The lowest BCUT2D eigenvalue weighted by molar-refractivity contribution is 0.270. The van der Waals surface area contributed by atoms with Crippen LogP contribution in [0.3, 0.4) is 0 Å². The van der Waals surface area contributed by atoms with E-state index in [1.165, 1.54) is 0 Å². The zero-order chi connectivity index (χ0) is 15.5. The van der Waals surface area contributed by atoms with Crippen molar-refractivity contribution in [3.05, 3.63) is 58.0 Å². The molecule has 1 heterocycles. The minimum atomic E-state index is 0.00689. The Hall–Kier alpha value is -1.69. The van der Waals surface area contributed by atoms with Gasteiger partial charge in [0.15, 0.2) is 11.6 Å². The molecule has 0 aliphatic carbocycles. The number of hydrogen-bond donors (Lipinski definition) is 1. The molecule has 112 valence electrons. The maximum absolute atomic E-state index is 9.24. The Labute approximate surface area is 141 Å². The lowest BCUT2D eigenvalue weighted by Crippen LogP contribution is -2.06. The molecule has 0 bridgehead atoms. The first kappa shape index (κ1) is 15.2. The number of aliphatic hydroxyl groups is 1. The predicted octanol–water partition coefficient (Wildman–Crippen LogP) is 4.02. The molecule has 0 saturated heterocycles. The number of aromatic nitrogens is 3. The molecule has 0 saturated carbocycles. The maximum Gasteiger partial charge on any atom is 0.181 e. The normalized spacial score (nSPS) is 10.9. The lowest BCUT2D eigenvalue weighted by atomic mass is 10.2. The van der Waals surface area contributed by atoms with Crippen LogP contribution in [0.2, 0.25) is 5.02 Å². The third-order valence-corrected chi connectivity index (χ3v) is 3.97. The van der Waals surface area contributed by atoms with Gasteiger partial charge in [-0.05, 0) is 36.4 Å². The molecule has 1 aromatic heterocycles. The van der Waals surface area contributed by atoms with Crippen LogP contribution in [0.5, 0.6) is 0 Å². The van der Waals surface area contributed by atoms with Gasteiger partial charge in [-0.2, -0.15) is 5.10 Å². The van der Waals surface area contributed by atoms with Gasteiger partial charge in [0, 0.05) is 20.6 Å². The van der Waals surface area contributed by atoms with Crippen molar-refractivity contribution in [2.24, 2.45) is 0 Å². The summed E-state index contributed by atoms with van der Waals surface area (Å²) in [6.07, 6.45) is 0. The number of hydrogen-bond acceptors (Lipinski definition) is 3. The second kappa shape index (κ2) is 6.60. The first-order valence-electron chi connectivity index (χ1n) is 6.75. The Morgan fingerprint density at radius 1 is 1.00 bits per heavy atom. The fourth-order valence-corrected chi connectivity index (χ4v) is 2.52. The molecule has 0 radical (unpaired) electrons. The minimum absolute atomic E-state index is 0.00689. The van der Waals surface area contributed by atoms with Crippen molar-refractivity contribution in [3.63, 3.8) is 0 Å². The first-order chi connectivity index (χ1) is 10.7. The summed E-state index contributed by atoms with van der Waals surface area (Å²) in [7, 11) is 0. The maximum atomic E-state index is 9.24. The smallest absolute Gasteiger partial charge is 0.181 e. The second-order valence-electron chi connectivity index (χ2n) is 4.72. The number of rotatable bonds is 4. The van der Waals surface area contributed by atoms with E-state index in [0.29, 0.717) is 17.4 Å². The Morgan fingerprint density at radius 3 is 2.27 bits per heavy atom. The van der Waals surface area contributed by atoms with Gasteiger partial charge in [0.1, 0.15) is 0 Å². The van der Waals surface area contributed by atoms with E-state index in [4.69, 9.17) is 11.6 Å². The molecule has 0 fully saturated rings. The molecule has 0 atom stereocenters. The largest absolute Gasteiger partial charge is 0.394 e. The van der Waals surface area contributed by atoms with Crippen molar-refractivity contribution in [1.29, 1.82) is 0 Å². The first-order valence-corrected chi connectivity index (χ1v) is 7.92.